The van der Waals surface area contributed by atoms with Gasteiger partial charge in [-0.2, -0.15) is 5.10 Å². The fraction of sp³-hybridized carbons (Fsp3) is 0.389. The third-order valence-electron chi connectivity index (χ3n) is 3.77. The Kier molecular flexibility index (Phi) is 6.82. The molecule has 0 atom stereocenters. The van der Waals surface area contributed by atoms with Crippen molar-refractivity contribution in [1.82, 2.24) is 9.78 Å². The van der Waals surface area contributed by atoms with Crippen LogP contribution in [0.1, 0.15) is 37.3 Å². The molecule has 1 heterocycles. The van der Waals surface area contributed by atoms with E-state index in [0.717, 1.165) is 18.9 Å². The number of hydrogen-bond acceptors (Lipinski definition) is 4. The van der Waals surface area contributed by atoms with Crippen molar-refractivity contribution in [2.24, 2.45) is 0 Å². The van der Waals surface area contributed by atoms with E-state index in [1.54, 1.807) is 17.8 Å². The van der Waals surface area contributed by atoms with Gasteiger partial charge in [-0.1, -0.05) is 6.07 Å². The molecule has 0 unspecified atom stereocenters. The van der Waals surface area contributed by atoms with Gasteiger partial charge < -0.3 is 9.53 Å². The molecule has 1 aromatic heterocycles. The van der Waals surface area contributed by atoms with Crippen molar-refractivity contribution in [2.75, 3.05) is 5.32 Å². The van der Waals surface area contributed by atoms with Crippen molar-refractivity contribution in [3.63, 3.8) is 0 Å². The number of halogens is 2. The van der Waals surface area contributed by atoms with Crippen LogP contribution < -0.4 is 5.32 Å². The van der Waals surface area contributed by atoms with Gasteiger partial charge in [0.2, 0.25) is 0 Å². The van der Waals surface area contributed by atoms with Crippen LogP contribution >= 0.6 is 0 Å². The lowest BCUT2D eigenvalue weighted by Crippen LogP contribution is -2.14. The van der Waals surface area contributed by atoms with Crippen LogP contribution in [-0.2, 0) is 22.7 Å². The Morgan fingerprint density at radius 1 is 1.27 bits per heavy atom. The van der Waals surface area contributed by atoms with Gasteiger partial charge in [-0.3, -0.25) is 10.00 Å². The molecule has 0 bridgehead atoms. The lowest BCUT2D eigenvalue weighted by atomic mass is 10.1. The summed E-state index contributed by atoms with van der Waals surface area (Å²) in [5.74, 6) is -1.34. The van der Waals surface area contributed by atoms with Gasteiger partial charge in [-0.15, -0.1) is 0 Å². The molecule has 0 saturated heterocycles. The van der Waals surface area contributed by atoms with Crippen LogP contribution in [0.15, 0.2) is 24.5 Å². The highest BCUT2D eigenvalue weighted by Gasteiger charge is 2.14. The van der Waals surface area contributed by atoms with E-state index in [9.17, 15) is 18.4 Å². The maximum atomic E-state index is 13.9. The van der Waals surface area contributed by atoms with E-state index < -0.39 is 24.3 Å². The monoisotopic (exact) mass is 365 g/mol. The van der Waals surface area contributed by atoms with Crippen LogP contribution in [0.2, 0.25) is 0 Å². The predicted octanol–water partition coefficient (Wildman–Crippen LogP) is 3.98. The van der Waals surface area contributed by atoms with Crippen molar-refractivity contribution in [2.45, 2.75) is 46.3 Å². The highest BCUT2D eigenvalue weighted by molar-refractivity contribution is 5.84. The van der Waals surface area contributed by atoms with Gasteiger partial charge in [0.05, 0.1) is 17.4 Å². The molecule has 1 aromatic carbocycles. The zero-order valence-electron chi connectivity index (χ0n) is 14.7. The number of benzene rings is 1. The number of Topliss-reactive ketones (excluding diaryl/α,β-unsaturated/α-hetero) is 1. The lowest BCUT2D eigenvalue weighted by molar-refractivity contribution is -0.117. The molecule has 0 fully saturated rings. The number of unbranched alkanes of at least 4 members (excludes halogenated alkanes) is 1. The molecular weight excluding hydrogens is 344 g/mol. The van der Waals surface area contributed by atoms with Crippen molar-refractivity contribution >= 4 is 17.6 Å². The molecule has 0 aliphatic carbocycles. The normalized spacial score (nSPS) is 10.6. The number of amides is 1. The molecule has 1 amide bonds. The van der Waals surface area contributed by atoms with Gasteiger partial charge in [0.25, 0.3) is 0 Å². The summed E-state index contributed by atoms with van der Waals surface area (Å²) in [6, 6.07) is 2.45. The topological polar surface area (TPSA) is 73.2 Å². The first-order chi connectivity index (χ1) is 12.4. The van der Waals surface area contributed by atoms with Gasteiger partial charge in [0.1, 0.15) is 24.0 Å². The van der Waals surface area contributed by atoms with E-state index >= 15 is 0 Å². The molecule has 0 aliphatic heterocycles. The largest absolute Gasteiger partial charge is 0.444 e. The molecule has 26 heavy (non-hydrogen) atoms. The number of rotatable bonds is 8. The van der Waals surface area contributed by atoms with E-state index in [1.807, 2.05) is 0 Å². The average molecular weight is 365 g/mol. The molecule has 2 rings (SSSR count). The maximum Gasteiger partial charge on any atom is 0.412 e. The summed E-state index contributed by atoms with van der Waals surface area (Å²) in [4.78, 5) is 22.7. The lowest BCUT2D eigenvalue weighted by Gasteiger charge is -2.08. The number of anilines is 1. The second-order valence-electron chi connectivity index (χ2n) is 6.01. The SMILES string of the molecule is CC(=O)CCCCn1cc(NC(=O)OCc2c(F)ccc(C)c2F)cn1. The van der Waals surface area contributed by atoms with Crippen molar-refractivity contribution in [3.8, 4) is 0 Å². The van der Waals surface area contributed by atoms with Gasteiger partial charge in [0.15, 0.2) is 0 Å². The molecular formula is C18H21F2N3O3. The minimum atomic E-state index is -0.832. The maximum absolute atomic E-state index is 13.9. The van der Waals surface area contributed by atoms with Gasteiger partial charge >= 0.3 is 6.09 Å². The van der Waals surface area contributed by atoms with Crippen LogP contribution in [-0.4, -0.2) is 21.7 Å². The summed E-state index contributed by atoms with van der Waals surface area (Å²) in [7, 11) is 0. The Balaban J connectivity index is 1.82. The van der Waals surface area contributed by atoms with Crippen LogP contribution in [0.3, 0.4) is 0 Å². The summed E-state index contributed by atoms with van der Waals surface area (Å²) in [6.07, 6.45) is 4.32. The fourth-order valence-corrected chi connectivity index (χ4v) is 2.34. The highest BCUT2D eigenvalue weighted by atomic mass is 19.1. The molecule has 0 aliphatic rings. The molecule has 0 radical (unpaired) electrons. The Morgan fingerprint density at radius 3 is 2.77 bits per heavy atom. The number of carbonyl (C=O) groups is 2. The number of aryl methyl sites for hydroxylation is 2. The smallest absolute Gasteiger partial charge is 0.412 e. The quantitative estimate of drug-likeness (QED) is 0.718. The summed E-state index contributed by atoms with van der Waals surface area (Å²) >= 11 is 0. The van der Waals surface area contributed by atoms with Crippen LogP contribution in [0, 0.1) is 18.6 Å². The third-order valence-corrected chi connectivity index (χ3v) is 3.77. The molecule has 8 heteroatoms. The first-order valence-corrected chi connectivity index (χ1v) is 8.26. The zero-order valence-corrected chi connectivity index (χ0v) is 14.7. The number of nitrogens with one attached hydrogen (secondary N) is 1. The average Bonchev–Trinajstić information content (AvgIpc) is 3.02. The van der Waals surface area contributed by atoms with Crippen molar-refractivity contribution in [3.05, 3.63) is 47.3 Å². The summed E-state index contributed by atoms with van der Waals surface area (Å²) in [5.41, 5.74) is 0.393. The number of nitrogens with zero attached hydrogens (tertiary/aromatic N) is 2. The predicted molar refractivity (Wildman–Crippen MR) is 91.7 cm³/mol. The minimum absolute atomic E-state index is 0.150. The minimum Gasteiger partial charge on any atom is -0.444 e. The van der Waals surface area contributed by atoms with Gasteiger partial charge in [-0.05, 0) is 38.3 Å². The number of carbonyl (C=O) groups excluding carboxylic acids is 2. The first kappa shape index (κ1) is 19.6. The standard InChI is InChI=1S/C18H21F2N3O3/c1-12-6-7-16(19)15(17(12)20)11-26-18(25)22-14-9-21-23(10-14)8-4-3-5-13(2)24/h6-7,9-10H,3-5,8,11H2,1-2H3,(H,22,25). The zero-order chi connectivity index (χ0) is 19.1. The second-order valence-corrected chi connectivity index (χ2v) is 6.01. The second kappa shape index (κ2) is 9.07. The molecule has 6 nitrogen and oxygen atoms in total. The summed E-state index contributed by atoms with van der Waals surface area (Å²) in [5, 5.41) is 6.54. The van der Waals surface area contributed by atoms with Crippen LogP contribution in [0.4, 0.5) is 19.3 Å². The number of ether oxygens (including phenoxy) is 1. The Morgan fingerprint density at radius 2 is 2.04 bits per heavy atom. The van der Waals surface area contributed by atoms with E-state index in [-0.39, 0.29) is 16.9 Å². The van der Waals surface area contributed by atoms with Crippen LogP contribution in [0.25, 0.3) is 0 Å². The van der Waals surface area contributed by atoms with E-state index in [1.165, 1.54) is 19.2 Å². The molecule has 1 N–H and O–H groups in total. The molecule has 0 saturated carbocycles. The molecule has 2 aromatic rings. The number of hydrogen-bond donors (Lipinski definition) is 1. The summed E-state index contributed by atoms with van der Waals surface area (Å²) < 4.78 is 34.0. The van der Waals surface area contributed by atoms with E-state index in [2.05, 4.69) is 10.4 Å². The molecule has 0 spiro atoms. The first-order valence-electron chi connectivity index (χ1n) is 8.26. The van der Waals surface area contributed by atoms with Gasteiger partial charge in [-0.25, -0.2) is 13.6 Å². The number of ketones is 1. The summed E-state index contributed by atoms with van der Waals surface area (Å²) in [6.45, 7) is 3.16. The van der Waals surface area contributed by atoms with E-state index in [4.69, 9.17) is 4.74 Å². The Bertz CT molecular complexity index is 790. The number of aromatic nitrogens is 2. The fourth-order valence-electron chi connectivity index (χ4n) is 2.34. The third kappa shape index (κ3) is 5.65. The van der Waals surface area contributed by atoms with E-state index in [0.29, 0.717) is 18.7 Å². The van der Waals surface area contributed by atoms with Crippen LogP contribution in [0.5, 0.6) is 0 Å². The molecule has 140 valence electrons. The Hall–Kier alpha value is -2.77. The Labute approximate surface area is 150 Å². The van der Waals surface area contributed by atoms with Gasteiger partial charge in [0, 0.05) is 19.2 Å². The van der Waals surface area contributed by atoms with Crippen molar-refractivity contribution in [1.29, 1.82) is 0 Å². The highest BCUT2D eigenvalue weighted by Crippen LogP contribution is 2.17. The van der Waals surface area contributed by atoms with Crippen molar-refractivity contribution < 1.29 is 23.1 Å².